The maximum atomic E-state index is 13.5. The summed E-state index contributed by atoms with van der Waals surface area (Å²) in [5.74, 6) is -0.531. The first-order chi connectivity index (χ1) is 12.6. The summed E-state index contributed by atoms with van der Waals surface area (Å²) in [6, 6.07) is 8.50. The summed E-state index contributed by atoms with van der Waals surface area (Å²) in [4.78, 5) is 20.6. The third kappa shape index (κ3) is 4.71. The lowest BCUT2D eigenvalue weighted by Crippen LogP contribution is -2.29. The summed E-state index contributed by atoms with van der Waals surface area (Å²) >= 11 is 1.58. The lowest BCUT2D eigenvalue weighted by molar-refractivity contribution is -0.115. The van der Waals surface area contributed by atoms with Crippen LogP contribution in [-0.4, -0.2) is 29.0 Å². The van der Waals surface area contributed by atoms with Gasteiger partial charge in [-0.05, 0) is 31.2 Å². The highest BCUT2D eigenvalue weighted by Crippen LogP contribution is 2.22. The second-order valence-corrected chi connectivity index (χ2v) is 6.63. The predicted octanol–water partition coefficient (Wildman–Crippen LogP) is 3.42. The van der Waals surface area contributed by atoms with Crippen molar-refractivity contribution in [2.75, 3.05) is 18.4 Å². The average molecular weight is 370 g/mol. The van der Waals surface area contributed by atoms with E-state index in [1.807, 2.05) is 17.5 Å². The van der Waals surface area contributed by atoms with Crippen LogP contribution in [0.5, 0.6) is 0 Å². The second-order valence-electron chi connectivity index (χ2n) is 5.77. The van der Waals surface area contributed by atoms with Gasteiger partial charge in [-0.2, -0.15) is 0 Å². The normalized spacial score (nSPS) is 10.7. The van der Waals surface area contributed by atoms with Crippen LogP contribution >= 0.6 is 11.3 Å². The first-order valence-electron chi connectivity index (χ1n) is 8.24. The fourth-order valence-electron chi connectivity index (χ4n) is 2.40. The van der Waals surface area contributed by atoms with E-state index in [-0.39, 0.29) is 18.3 Å². The zero-order valence-electron chi connectivity index (χ0n) is 14.3. The van der Waals surface area contributed by atoms with E-state index in [0.717, 1.165) is 22.7 Å². The summed E-state index contributed by atoms with van der Waals surface area (Å²) in [7, 11) is 0. The largest absolute Gasteiger partial charge is 0.325 e. The topological polar surface area (TPSA) is 66.9 Å². The summed E-state index contributed by atoms with van der Waals surface area (Å²) in [6.07, 6.45) is 4.25. The highest BCUT2D eigenvalue weighted by molar-refractivity contribution is 7.13. The van der Waals surface area contributed by atoms with Crippen molar-refractivity contribution < 1.29 is 9.18 Å². The SMILES string of the molecule is Cc1c(F)cccc1NC(=O)CNCCc1csc(-c2cccnc2)n1. The van der Waals surface area contributed by atoms with E-state index in [0.29, 0.717) is 17.8 Å². The number of hydrogen-bond donors (Lipinski definition) is 2. The first-order valence-corrected chi connectivity index (χ1v) is 9.12. The molecule has 0 aliphatic rings. The molecule has 3 rings (SSSR count). The van der Waals surface area contributed by atoms with Crippen molar-refractivity contribution in [3.05, 3.63) is 65.2 Å². The van der Waals surface area contributed by atoms with Crippen LogP contribution in [-0.2, 0) is 11.2 Å². The number of nitrogens with zero attached hydrogens (tertiary/aromatic N) is 2. The van der Waals surface area contributed by atoms with E-state index in [1.165, 1.54) is 6.07 Å². The molecule has 0 unspecified atom stereocenters. The fraction of sp³-hybridized carbons (Fsp3) is 0.211. The second kappa shape index (κ2) is 8.64. The first kappa shape index (κ1) is 18.2. The summed E-state index contributed by atoms with van der Waals surface area (Å²) in [6.45, 7) is 2.43. The van der Waals surface area contributed by atoms with Gasteiger partial charge in [0.25, 0.3) is 0 Å². The summed E-state index contributed by atoms with van der Waals surface area (Å²) < 4.78 is 13.5. The minimum absolute atomic E-state index is 0.162. The molecule has 1 aromatic carbocycles. The lowest BCUT2D eigenvalue weighted by atomic mass is 10.2. The molecule has 0 aliphatic carbocycles. The van der Waals surface area contributed by atoms with Crippen LogP contribution in [0.25, 0.3) is 10.6 Å². The maximum Gasteiger partial charge on any atom is 0.238 e. The molecule has 0 saturated carbocycles. The Balaban J connectivity index is 1.43. The molecular weight excluding hydrogens is 351 g/mol. The Bertz CT molecular complexity index is 882. The van der Waals surface area contributed by atoms with Crippen molar-refractivity contribution in [3.63, 3.8) is 0 Å². The van der Waals surface area contributed by atoms with Gasteiger partial charge < -0.3 is 10.6 Å². The van der Waals surface area contributed by atoms with Crippen molar-refractivity contribution in [1.29, 1.82) is 0 Å². The molecule has 3 aromatic rings. The molecule has 26 heavy (non-hydrogen) atoms. The summed E-state index contributed by atoms with van der Waals surface area (Å²) in [5, 5.41) is 8.75. The molecule has 0 spiro atoms. The van der Waals surface area contributed by atoms with E-state index in [9.17, 15) is 9.18 Å². The van der Waals surface area contributed by atoms with E-state index >= 15 is 0 Å². The number of pyridine rings is 1. The van der Waals surface area contributed by atoms with Crippen LogP contribution in [0.1, 0.15) is 11.3 Å². The molecule has 2 aromatic heterocycles. The summed E-state index contributed by atoms with van der Waals surface area (Å²) in [5.41, 5.74) is 2.91. The van der Waals surface area contributed by atoms with Crippen molar-refractivity contribution in [1.82, 2.24) is 15.3 Å². The van der Waals surface area contributed by atoms with Gasteiger partial charge in [-0.15, -0.1) is 11.3 Å². The molecule has 7 heteroatoms. The number of amides is 1. The van der Waals surface area contributed by atoms with E-state index < -0.39 is 0 Å². The van der Waals surface area contributed by atoms with Gasteiger partial charge in [0.15, 0.2) is 0 Å². The number of thiazole rings is 1. The molecule has 0 saturated heterocycles. The van der Waals surface area contributed by atoms with Crippen LogP contribution < -0.4 is 10.6 Å². The molecule has 1 amide bonds. The number of aromatic nitrogens is 2. The Morgan fingerprint density at radius 2 is 2.15 bits per heavy atom. The Kier molecular flexibility index (Phi) is 6.04. The highest BCUT2D eigenvalue weighted by atomic mass is 32.1. The smallest absolute Gasteiger partial charge is 0.238 e. The van der Waals surface area contributed by atoms with E-state index in [1.54, 1.807) is 42.8 Å². The molecule has 0 fully saturated rings. The molecule has 134 valence electrons. The average Bonchev–Trinajstić information content (AvgIpc) is 3.12. The van der Waals surface area contributed by atoms with Crippen molar-refractivity contribution >= 4 is 22.9 Å². The quantitative estimate of drug-likeness (QED) is 0.626. The predicted molar refractivity (Wildman–Crippen MR) is 102 cm³/mol. The minimum Gasteiger partial charge on any atom is -0.325 e. The number of benzene rings is 1. The number of nitrogens with one attached hydrogen (secondary N) is 2. The van der Waals surface area contributed by atoms with Crippen LogP contribution in [0.2, 0.25) is 0 Å². The molecular formula is C19H19FN4OS. The molecule has 5 nitrogen and oxygen atoms in total. The number of rotatable bonds is 7. The standard InChI is InChI=1S/C19H19FN4OS/c1-13-16(20)5-2-6-17(13)24-18(25)11-22-9-7-15-12-26-19(23-15)14-4-3-8-21-10-14/h2-6,8,10,12,22H,7,9,11H2,1H3,(H,24,25). The van der Waals surface area contributed by atoms with Crippen molar-refractivity contribution in [3.8, 4) is 10.6 Å². The number of anilines is 1. The molecule has 0 aliphatic heterocycles. The van der Waals surface area contributed by atoms with Gasteiger partial charge >= 0.3 is 0 Å². The molecule has 2 heterocycles. The van der Waals surface area contributed by atoms with Gasteiger partial charge in [-0.1, -0.05) is 6.07 Å². The number of carbonyl (C=O) groups is 1. The van der Waals surface area contributed by atoms with E-state index in [4.69, 9.17) is 0 Å². The Labute approximate surface area is 155 Å². The van der Waals surface area contributed by atoms with Crippen LogP contribution in [0, 0.1) is 12.7 Å². The van der Waals surface area contributed by atoms with Gasteiger partial charge in [0, 0.05) is 47.6 Å². The van der Waals surface area contributed by atoms with Gasteiger partial charge in [-0.3, -0.25) is 9.78 Å². The zero-order chi connectivity index (χ0) is 18.4. The lowest BCUT2D eigenvalue weighted by Gasteiger charge is -2.09. The highest BCUT2D eigenvalue weighted by Gasteiger charge is 2.08. The third-order valence-electron chi connectivity index (χ3n) is 3.85. The van der Waals surface area contributed by atoms with Gasteiger partial charge in [0.2, 0.25) is 5.91 Å². The van der Waals surface area contributed by atoms with Crippen LogP contribution in [0.15, 0.2) is 48.1 Å². The zero-order valence-corrected chi connectivity index (χ0v) is 15.1. The van der Waals surface area contributed by atoms with Gasteiger partial charge in [0.1, 0.15) is 10.8 Å². The van der Waals surface area contributed by atoms with Crippen molar-refractivity contribution in [2.45, 2.75) is 13.3 Å². The third-order valence-corrected chi connectivity index (χ3v) is 4.79. The molecule has 0 bridgehead atoms. The monoisotopic (exact) mass is 370 g/mol. The molecule has 0 radical (unpaired) electrons. The maximum absolute atomic E-state index is 13.5. The number of carbonyl (C=O) groups excluding carboxylic acids is 1. The Hall–Kier alpha value is -2.64. The van der Waals surface area contributed by atoms with E-state index in [2.05, 4.69) is 20.6 Å². The van der Waals surface area contributed by atoms with Crippen molar-refractivity contribution in [2.24, 2.45) is 0 Å². The number of hydrogen-bond acceptors (Lipinski definition) is 5. The Morgan fingerprint density at radius 3 is 2.96 bits per heavy atom. The molecule has 0 atom stereocenters. The van der Waals surface area contributed by atoms with Crippen LogP contribution in [0.4, 0.5) is 10.1 Å². The van der Waals surface area contributed by atoms with Gasteiger partial charge in [0.05, 0.1) is 12.2 Å². The fourth-order valence-corrected chi connectivity index (χ4v) is 3.24. The Morgan fingerprint density at radius 1 is 1.27 bits per heavy atom. The molecule has 2 N–H and O–H groups in total. The van der Waals surface area contributed by atoms with Gasteiger partial charge in [-0.25, -0.2) is 9.37 Å². The number of halogens is 1. The minimum atomic E-state index is -0.330. The van der Waals surface area contributed by atoms with Crippen LogP contribution in [0.3, 0.4) is 0 Å².